The molecular weight excluding hydrogens is 244 g/mol. The summed E-state index contributed by atoms with van der Waals surface area (Å²) >= 11 is 0. The molecule has 0 aliphatic carbocycles. The maximum Gasteiger partial charge on any atom is 0.277 e. The number of amides is 1. The van der Waals surface area contributed by atoms with Crippen molar-refractivity contribution in [3.05, 3.63) is 35.4 Å². The van der Waals surface area contributed by atoms with Crippen molar-refractivity contribution in [1.82, 2.24) is 10.4 Å². The van der Waals surface area contributed by atoms with E-state index in [4.69, 9.17) is 4.84 Å². The fourth-order valence-corrected chi connectivity index (χ4v) is 2.14. The fraction of sp³-hybridized carbons (Fsp3) is 0.429. The zero-order chi connectivity index (χ0) is 13.7. The van der Waals surface area contributed by atoms with Crippen LogP contribution >= 0.6 is 0 Å². The van der Waals surface area contributed by atoms with Crippen LogP contribution in [0.25, 0.3) is 0 Å². The van der Waals surface area contributed by atoms with Gasteiger partial charge in [0.1, 0.15) is 0 Å². The highest BCUT2D eigenvalue weighted by molar-refractivity contribution is 6.00. The first kappa shape index (κ1) is 13.7. The number of piperidine rings is 1. The minimum atomic E-state index is -0.291. The molecule has 1 aromatic rings. The molecule has 1 fully saturated rings. The van der Waals surface area contributed by atoms with Crippen LogP contribution < -0.4 is 5.32 Å². The van der Waals surface area contributed by atoms with Crippen molar-refractivity contribution in [3.8, 4) is 0 Å². The molecule has 5 heteroatoms. The van der Waals surface area contributed by atoms with E-state index in [9.17, 15) is 9.59 Å². The van der Waals surface area contributed by atoms with Gasteiger partial charge in [-0.05, 0) is 32.0 Å². The smallest absolute Gasteiger partial charge is 0.277 e. The second kappa shape index (κ2) is 6.45. The minimum Gasteiger partial charge on any atom is -0.317 e. The number of carbonyl (C=O) groups excluding carboxylic acids is 2. The molecule has 1 amide bonds. The van der Waals surface area contributed by atoms with Crippen molar-refractivity contribution in [2.45, 2.75) is 18.9 Å². The molecule has 0 aromatic heterocycles. The van der Waals surface area contributed by atoms with Gasteiger partial charge in [0, 0.05) is 12.6 Å². The van der Waals surface area contributed by atoms with E-state index >= 15 is 0 Å². The highest BCUT2D eigenvalue weighted by Gasteiger charge is 2.21. The van der Waals surface area contributed by atoms with Gasteiger partial charge in [-0.25, -0.2) is 5.06 Å². The molecule has 1 heterocycles. The predicted octanol–water partition coefficient (Wildman–Crippen LogP) is 1.25. The number of benzene rings is 1. The van der Waals surface area contributed by atoms with E-state index in [1.165, 1.54) is 5.06 Å². The number of rotatable bonds is 4. The molecule has 1 aliphatic heterocycles. The lowest BCUT2D eigenvalue weighted by Crippen LogP contribution is -2.38. The zero-order valence-electron chi connectivity index (χ0n) is 11.0. The van der Waals surface area contributed by atoms with E-state index in [0.29, 0.717) is 17.4 Å². The van der Waals surface area contributed by atoms with Crippen LogP contribution in [0.2, 0.25) is 0 Å². The molecule has 1 N–H and O–H groups in total. The molecule has 5 nitrogen and oxygen atoms in total. The van der Waals surface area contributed by atoms with E-state index in [0.717, 1.165) is 25.9 Å². The lowest BCUT2D eigenvalue weighted by atomic mass is 10.1. The summed E-state index contributed by atoms with van der Waals surface area (Å²) in [7, 11) is 1.59. The monoisotopic (exact) mass is 262 g/mol. The molecule has 1 aliphatic rings. The van der Waals surface area contributed by atoms with Crippen molar-refractivity contribution in [1.29, 1.82) is 0 Å². The van der Waals surface area contributed by atoms with Crippen LogP contribution in [-0.4, -0.2) is 43.5 Å². The van der Waals surface area contributed by atoms with Gasteiger partial charge in [0.25, 0.3) is 5.91 Å². The molecule has 1 aromatic carbocycles. The Morgan fingerprint density at radius 3 is 2.74 bits per heavy atom. The highest BCUT2D eigenvalue weighted by atomic mass is 16.7. The number of hydrogen-bond acceptors (Lipinski definition) is 4. The normalized spacial score (nSPS) is 16.1. The quantitative estimate of drug-likeness (QED) is 0.655. The number of hydrogen-bond donors (Lipinski definition) is 1. The van der Waals surface area contributed by atoms with Gasteiger partial charge in [0.05, 0.1) is 11.7 Å². The third-order valence-corrected chi connectivity index (χ3v) is 3.20. The Morgan fingerprint density at radius 1 is 1.37 bits per heavy atom. The van der Waals surface area contributed by atoms with Gasteiger partial charge in [-0.1, -0.05) is 18.2 Å². The number of nitrogens with zero attached hydrogens (tertiary/aromatic N) is 1. The summed E-state index contributed by atoms with van der Waals surface area (Å²) in [5.41, 5.74) is 0.752. The highest BCUT2D eigenvalue weighted by Crippen LogP contribution is 2.13. The van der Waals surface area contributed by atoms with E-state index < -0.39 is 0 Å². The Kier molecular flexibility index (Phi) is 4.65. The van der Waals surface area contributed by atoms with E-state index in [2.05, 4.69) is 5.32 Å². The molecular formula is C14H18N2O3. The Balaban J connectivity index is 2.03. The van der Waals surface area contributed by atoms with Crippen LogP contribution in [-0.2, 0) is 4.84 Å². The molecule has 1 saturated heterocycles. The Morgan fingerprint density at radius 2 is 2.05 bits per heavy atom. The topological polar surface area (TPSA) is 58.6 Å². The van der Waals surface area contributed by atoms with Gasteiger partial charge in [-0.2, -0.15) is 0 Å². The van der Waals surface area contributed by atoms with Crippen LogP contribution in [0, 0.1) is 0 Å². The average molecular weight is 262 g/mol. The van der Waals surface area contributed by atoms with Gasteiger partial charge in [0.2, 0.25) is 0 Å². The first-order valence-corrected chi connectivity index (χ1v) is 6.42. The lowest BCUT2D eigenvalue weighted by Gasteiger charge is -2.27. The van der Waals surface area contributed by atoms with Gasteiger partial charge in [-0.15, -0.1) is 0 Å². The van der Waals surface area contributed by atoms with Crippen molar-refractivity contribution >= 4 is 12.2 Å². The molecule has 0 saturated carbocycles. The van der Waals surface area contributed by atoms with Crippen LogP contribution in [0.5, 0.6) is 0 Å². The standard InChI is InChI=1S/C14H18N2O3/c1-16(19-12-6-8-15-9-7-12)14(18)13-5-3-2-4-11(13)10-17/h2-5,10,12,15H,6-9H2,1H3. The molecule has 0 unspecified atom stereocenters. The third-order valence-electron chi connectivity index (χ3n) is 3.20. The van der Waals surface area contributed by atoms with Crippen molar-refractivity contribution < 1.29 is 14.4 Å². The minimum absolute atomic E-state index is 0.0543. The van der Waals surface area contributed by atoms with Gasteiger partial charge in [0.15, 0.2) is 6.29 Å². The van der Waals surface area contributed by atoms with E-state index in [1.807, 2.05) is 0 Å². The summed E-state index contributed by atoms with van der Waals surface area (Å²) in [6, 6.07) is 6.72. The predicted molar refractivity (Wildman–Crippen MR) is 70.9 cm³/mol. The summed E-state index contributed by atoms with van der Waals surface area (Å²) in [5.74, 6) is -0.291. The van der Waals surface area contributed by atoms with Crippen LogP contribution in [0.15, 0.2) is 24.3 Å². The van der Waals surface area contributed by atoms with Gasteiger partial charge < -0.3 is 5.32 Å². The van der Waals surface area contributed by atoms with E-state index in [-0.39, 0.29) is 12.0 Å². The molecule has 0 atom stereocenters. The summed E-state index contributed by atoms with van der Waals surface area (Å²) in [4.78, 5) is 28.8. The largest absolute Gasteiger partial charge is 0.317 e. The van der Waals surface area contributed by atoms with Gasteiger partial charge >= 0.3 is 0 Å². The van der Waals surface area contributed by atoms with Crippen LogP contribution in [0.3, 0.4) is 0 Å². The Bertz CT molecular complexity index is 456. The Hall–Kier alpha value is -1.72. The van der Waals surface area contributed by atoms with Crippen LogP contribution in [0.4, 0.5) is 0 Å². The summed E-state index contributed by atoms with van der Waals surface area (Å²) in [5, 5.41) is 4.47. The van der Waals surface area contributed by atoms with Crippen molar-refractivity contribution in [2.24, 2.45) is 0 Å². The molecule has 0 bridgehead atoms. The molecule has 19 heavy (non-hydrogen) atoms. The number of aldehydes is 1. The maximum atomic E-state index is 12.2. The third kappa shape index (κ3) is 3.39. The van der Waals surface area contributed by atoms with E-state index in [1.54, 1.807) is 31.3 Å². The molecule has 102 valence electrons. The SMILES string of the molecule is CN(OC1CCNCC1)C(=O)c1ccccc1C=O. The zero-order valence-corrected chi connectivity index (χ0v) is 11.0. The van der Waals surface area contributed by atoms with Crippen molar-refractivity contribution in [3.63, 3.8) is 0 Å². The van der Waals surface area contributed by atoms with Crippen LogP contribution in [0.1, 0.15) is 33.6 Å². The number of carbonyl (C=O) groups is 2. The Labute approximate surface area is 112 Å². The summed E-state index contributed by atoms with van der Waals surface area (Å²) in [6.07, 6.45) is 2.50. The first-order valence-electron chi connectivity index (χ1n) is 6.42. The van der Waals surface area contributed by atoms with Gasteiger partial charge in [-0.3, -0.25) is 14.4 Å². The van der Waals surface area contributed by atoms with Crippen molar-refractivity contribution in [2.75, 3.05) is 20.1 Å². The first-order chi connectivity index (χ1) is 9.22. The molecule has 2 rings (SSSR count). The number of hydroxylamine groups is 2. The fourth-order valence-electron chi connectivity index (χ4n) is 2.14. The second-order valence-electron chi connectivity index (χ2n) is 4.56. The summed E-state index contributed by atoms with van der Waals surface area (Å²) < 4.78 is 0. The number of nitrogens with one attached hydrogen (secondary N) is 1. The lowest BCUT2D eigenvalue weighted by molar-refractivity contribution is -0.155. The average Bonchev–Trinajstić information content (AvgIpc) is 2.47. The second-order valence-corrected chi connectivity index (χ2v) is 4.56. The molecule has 0 spiro atoms. The maximum absolute atomic E-state index is 12.2. The summed E-state index contributed by atoms with van der Waals surface area (Å²) in [6.45, 7) is 1.80. The molecule has 0 radical (unpaired) electrons.